The summed E-state index contributed by atoms with van der Waals surface area (Å²) < 4.78 is 5.22. The highest BCUT2D eigenvalue weighted by atomic mass is 35.5. The van der Waals surface area contributed by atoms with Gasteiger partial charge in [0.05, 0.1) is 18.5 Å². The maximum absolute atomic E-state index is 12.9. The molecule has 4 aromatic rings. The molecule has 34 heavy (non-hydrogen) atoms. The predicted molar refractivity (Wildman–Crippen MR) is 139 cm³/mol. The lowest BCUT2D eigenvalue weighted by Gasteiger charge is -2.08. The van der Waals surface area contributed by atoms with E-state index in [2.05, 4.69) is 10.3 Å². The number of carbonyl (C=O) groups is 2. The summed E-state index contributed by atoms with van der Waals surface area (Å²) in [5.74, 6) is 0.147. The molecule has 8 heteroatoms. The van der Waals surface area contributed by atoms with Crippen LogP contribution in [0.1, 0.15) is 36.9 Å². The number of benzene rings is 2. The molecule has 2 aromatic carbocycles. The number of anilines is 2. The number of allylic oxidation sites excluding steroid dienone is 1. The number of nitrogen functional groups attached to an aromatic ring is 1. The first-order chi connectivity index (χ1) is 16.3. The minimum atomic E-state index is -0.352. The van der Waals surface area contributed by atoms with E-state index < -0.39 is 0 Å². The Bertz CT molecular complexity index is 1460. The van der Waals surface area contributed by atoms with Gasteiger partial charge in [0, 0.05) is 21.7 Å². The Labute approximate surface area is 206 Å². The van der Waals surface area contributed by atoms with Crippen molar-refractivity contribution in [3.63, 3.8) is 0 Å². The van der Waals surface area contributed by atoms with Crippen LogP contribution in [0.25, 0.3) is 16.3 Å². The van der Waals surface area contributed by atoms with E-state index >= 15 is 0 Å². The van der Waals surface area contributed by atoms with Gasteiger partial charge in [0.2, 0.25) is 0 Å². The number of hydrogen-bond donors (Lipinski definition) is 2. The summed E-state index contributed by atoms with van der Waals surface area (Å²) in [6, 6.07) is 14.4. The number of fused-ring (bicyclic) bond motifs is 1. The van der Waals surface area contributed by atoms with Crippen molar-refractivity contribution in [3.8, 4) is 5.75 Å². The number of rotatable bonds is 6. The zero-order valence-corrected chi connectivity index (χ0v) is 20.4. The lowest BCUT2D eigenvalue weighted by molar-refractivity contribution is 0.102. The van der Waals surface area contributed by atoms with Crippen LogP contribution in [0.4, 0.5) is 11.4 Å². The van der Waals surface area contributed by atoms with Crippen LogP contribution < -0.4 is 15.8 Å². The number of nitrogens with zero attached hydrogens (tertiary/aromatic N) is 1. The molecule has 172 valence electrons. The summed E-state index contributed by atoms with van der Waals surface area (Å²) in [6.07, 6.45) is 3.21. The summed E-state index contributed by atoms with van der Waals surface area (Å²) in [4.78, 5) is 31.3. The molecule has 3 N–H and O–H groups in total. The zero-order valence-electron chi connectivity index (χ0n) is 18.8. The molecule has 0 saturated carbocycles. The molecule has 2 heterocycles. The van der Waals surface area contributed by atoms with Crippen LogP contribution in [-0.2, 0) is 0 Å². The standard InChI is InChI=1S/C26H22ClN3O3S/c1-14-20(27)8-5-9-21(14)30-25(32)24-23(28)19-13-18(15(2)29-26(19)34-24)22(31)11-10-16-6-4-7-17(12-16)33-3/h4-13H,28H2,1-3H3,(H,30,32)/b11-10+. The number of amides is 1. The van der Waals surface area contributed by atoms with E-state index in [-0.39, 0.29) is 17.4 Å². The Morgan fingerprint density at radius 3 is 2.68 bits per heavy atom. The number of pyridine rings is 1. The van der Waals surface area contributed by atoms with Gasteiger partial charge in [-0.3, -0.25) is 9.59 Å². The number of carbonyl (C=O) groups excluding carboxylic acids is 2. The molecule has 6 nitrogen and oxygen atoms in total. The summed E-state index contributed by atoms with van der Waals surface area (Å²) >= 11 is 7.34. The Morgan fingerprint density at radius 2 is 1.91 bits per heavy atom. The van der Waals surface area contributed by atoms with Gasteiger partial charge in [-0.1, -0.05) is 35.9 Å². The van der Waals surface area contributed by atoms with E-state index in [0.29, 0.717) is 42.8 Å². The van der Waals surface area contributed by atoms with E-state index in [0.717, 1.165) is 11.1 Å². The van der Waals surface area contributed by atoms with Gasteiger partial charge in [-0.25, -0.2) is 4.98 Å². The first-order valence-corrected chi connectivity index (χ1v) is 11.6. The fourth-order valence-electron chi connectivity index (χ4n) is 3.47. The molecule has 0 bridgehead atoms. The van der Waals surface area contributed by atoms with Crippen molar-refractivity contribution in [2.45, 2.75) is 13.8 Å². The molecule has 0 spiro atoms. The summed E-state index contributed by atoms with van der Waals surface area (Å²) in [7, 11) is 1.59. The number of ketones is 1. The van der Waals surface area contributed by atoms with Crippen molar-refractivity contribution in [1.82, 2.24) is 4.98 Å². The largest absolute Gasteiger partial charge is 0.497 e. The first-order valence-electron chi connectivity index (χ1n) is 10.4. The SMILES string of the molecule is COc1cccc(/C=C/C(=O)c2cc3c(N)c(C(=O)Nc4cccc(Cl)c4C)sc3nc2C)c1. The van der Waals surface area contributed by atoms with Crippen LogP contribution in [0.2, 0.25) is 5.02 Å². The molecular weight excluding hydrogens is 470 g/mol. The highest BCUT2D eigenvalue weighted by Crippen LogP contribution is 2.35. The predicted octanol–water partition coefficient (Wildman–Crippen LogP) is 6.31. The Kier molecular flexibility index (Phi) is 6.68. The Balaban J connectivity index is 1.63. The number of halogens is 1. The van der Waals surface area contributed by atoms with Crippen molar-refractivity contribution in [2.75, 3.05) is 18.2 Å². The Morgan fingerprint density at radius 1 is 1.15 bits per heavy atom. The minimum absolute atomic E-state index is 0.208. The van der Waals surface area contributed by atoms with Crippen molar-refractivity contribution in [2.24, 2.45) is 0 Å². The maximum Gasteiger partial charge on any atom is 0.267 e. The maximum atomic E-state index is 12.9. The van der Waals surface area contributed by atoms with Gasteiger partial charge in [-0.05, 0) is 61.4 Å². The molecule has 0 saturated heterocycles. The molecule has 2 aromatic heterocycles. The monoisotopic (exact) mass is 491 g/mol. The molecule has 0 atom stereocenters. The fraction of sp³-hybridized carbons (Fsp3) is 0.115. The number of aromatic nitrogens is 1. The highest BCUT2D eigenvalue weighted by molar-refractivity contribution is 7.21. The normalized spacial score (nSPS) is 11.2. The summed E-state index contributed by atoms with van der Waals surface area (Å²) in [5, 5.41) is 3.99. The average Bonchev–Trinajstić information content (AvgIpc) is 3.15. The fourth-order valence-corrected chi connectivity index (χ4v) is 4.67. The van der Waals surface area contributed by atoms with E-state index in [4.69, 9.17) is 22.1 Å². The van der Waals surface area contributed by atoms with Crippen LogP contribution in [0.15, 0.2) is 54.6 Å². The van der Waals surface area contributed by atoms with Gasteiger partial charge in [0.1, 0.15) is 15.5 Å². The van der Waals surface area contributed by atoms with Crippen LogP contribution in [0.5, 0.6) is 5.75 Å². The van der Waals surface area contributed by atoms with E-state index in [9.17, 15) is 9.59 Å². The summed E-state index contributed by atoms with van der Waals surface area (Å²) in [5.41, 5.74) is 9.80. The third-order valence-electron chi connectivity index (χ3n) is 5.42. The second kappa shape index (κ2) is 9.67. The van der Waals surface area contributed by atoms with Crippen LogP contribution in [0.3, 0.4) is 0 Å². The lowest BCUT2D eigenvalue weighted by atomic mass is 10.1. The van der Waals surface area contributed by atoms with E-state index in [1.54, 1.807) is 44.4 Å². The van der Waals surface area contributed by atoms with Gasteiger partial charge in [0.25, 0.3) is 5.91 Å². The first kappa shape index (κ1) is 23.5. The van der Waals surface area contributed by atoms with Gasteiger partial charge in [0.15, 0.2) is 5.78 Å². The summed E-state index contributed by atoms with van der Waals surface area (Å²) in [6.45, 7) is 3.59. The van der Waals surface area contributed by atoms with E-state index in [1.807, 2.05) is 31.2 Å². The number of nitrogens with two attached hydrogens (primary N) is 1. The van der Waals surface area contributed by atoms with Crippen molar-refractivity contribution >= 4 is 62.3 Å². The van der Waals surface area contributed by atoms with Crippen LogP contribution in [0, 0.1) is 13.8 Å². The van der Waals surface area contributed by atoms with Crippen LogP contribution in [-0.4, -0.2) is 23.8 Å². The number of nitrogens with one attached hydrogen (secondary N) is 1. The van der Waals surface area contributed by atoms with Gasteiger partial charge in [-0.15, -0.1) is 11.3 Å². The van der Waals surface area contributed by atoms with Gasteiger partial charge >= 0.3 is 0 Å². The smallest absolute Gasteiger partial charge is 0.267 e. The van der Waals surface area contributed by atoms with Crippen molar-refractivity contribution in [3.05, 3.63) is 86.9 Å². The van der Waals surface area contributed by atoms with Gasteiger partial charge in [-0.2, -0.15) is 0 Å². The zero-order chi connectivity index (χ0) is 24.4. The quantitative estimate of drug-likeness (QED) is 0.243. The topological polar surface area (TPSA) is 94.3 Å². The van der Waals surface area contributed by atoms with Crippen molar-refractivity contribution in [1.29, 1.82) is 0 Å². The number of ether oxygens (including phenoxy) is 1. The number of aryl methyl sites for hydroxylation is 1. The van der Waals surface area contributed by atoms with Gasteiger partial charge < -0.3 is 15.8 Å². The number of hydrogen-bond acceptors (Lipinski definition) is 6. The highest BCUT2D eigenvalue weighted by Gasteiger charge is 2.20. The number of thiophene rings is 1. The third-order valence-corrected chi connectivity index (χ3v) is 6.94. The van der Waals surface area contributed by atoms with E-state index in [1.165, 1.54) is 17.4 Å². The van der Waals surface area contributed by atoms with Crippen molar-refractivity contribution < 1.29 is 14.3 Å². The Hall–Kier alpha value is -3.68. The second-order valence-electron chi connectivity index (χ2n) is 7.66. The molecule has 0 unspecified atom stereocenters. The molecule has 1 amide bonds. The van der Waals surface area contributed by atoms with Crippen LogP contribution >= 0.6 is 22.9 Å². The third kappa shape index (κ3) is 4.66. The molecule has 0 aliphatic carbocycles. The average molecular weight is 492 g/mol. The minimum Gasteiger partial charge on any atom is -0.497 e. The lowest BCUT2D eigenvalue weighted by Crippen LogP contribution is -2.12. The molecule has 0 radical (unpaired) electrons. The second-order valence-corrected chi connectivity index (χ2v) is 9.07. The molecule has 4 rings (SSSR count). The molecular formula is C26H22ClN3O3S. The number of methoxy groups -OCH3 is 1. The molecule has 0 aliphatic rings. The molecule has 0 fully saturated rings. The molecule has 0 aliphatic heterocycles.